The average molecular weight is 300 g/mol. The van der Waals surface area contributed by atoms with Crippen molar-refractivity contribution in [2.75, 3.05) is 38.1 Å². The highest BCUT2D eigenvalue weighted by Crippen LogP contribution is 2.26. The molecule has 0 bridgehead atoms. The lowest BCUT2D eigenvalue weighted by Crippen LogP contribution is -2.44. The Hall–Kier alpha value is -1.99. The van der Waals surface area contributed by atoms with E-state index < -0.39 is 0 Å². The van der Waals surface area contributed by atoms with Crippen molar-refractivity contribution in [3.63, 3.8) is 0 Å². The fourth-order valence-electron chi connectivity index (χ4n) is 2.47. The number of aromatic nitrogens is 4. The molecule has 6 nitrogen and oxygen atoms in total. The highest BCUT2D eigenvalue weighted by Gasteiger charge is 2.19. The van der Waals surface area contributed by atoms with Crippen LogP contribution in [-0.2, 0) is 0 Å². The smallest absolute Gasteiger partial charge is 0.214 e. The van der Waals surface area contributed by atoms with Gasteiger partial charge in [-0.1, -0.05) is 11.3 Å². The Morgan fingerprint density at radius 2 is 2.05 bits per heavy atom. The van der Waals surface area contributed by atoms with Crippen LogP contribution in [0.5, 0.6) is 0 Å². The van der Waals surface area contributed by atoms with E-state index in [1.807, 2.05) is 29.0 Å². The second kappa shape index (κ2) is 5.09. The van der Waals surface area contributed by atoms with E-state index in [0.717, 1.165) is 47.5 Å². The van der Waals surface area contributed by atoms with Gasteiger partial charge in [0.25, 0.3) is 0 Å². The van der Waals surface area contributed by atoms with E-state index in [0.29, 0.717) is 0 Å². The zero-order valence-corrected chi connectivity index (χ0v) is 12.6. The third kappa shape index (κ3) is 2.38. The number of hydrogen-bond acceptors (Lipinski definition) is 6. The molecule has 0 N–H and O–H groups in total. The van der Waals surface area contributed by atoms with Crippen LogP contribution in [0.15, 0.2) is 30.7 Å². The Balaban J connectivity index is 1.62. The number of rotatable bonds is 2. The molecule has 0 unspecified atom stereocenters. The molecule has 0 atom stereocenters. The summed E-state index contributed by atoms with van der Waals surface area (Å²) in [5.41, 5.74) is 1.95. The van der Waals surface area contributed by atoms with Gasteiger partial charge >= 0.3 is 0 Å². The summed E-state index contributed by atoms with van der Waals surface area (Å²) in [6.07, 6.45) is 5.57. The summed E-state index contributed by atoms with van der Waals surface area (Å²) in [7, 11) is 2.16. The van der Waals surface area contributed by atoms with Crippen molar-refractivity contribution < 1.29 is 0 Å². The molecule has 0 amide bonds. The first-order valence-electron chi connectivity index (χ1n) is 7.00. The maximum atomic E-state index is 4.67. The predicted molar refractivity (Wildman–Crippen MR) is 83.8 cm³/mol. The number of likely N-dealkylation sites (N-methyl/N-ethyl adjacent to an activating group) is 1. The van der Waals surface area contributed by atoms with Gasteiger partial charge in [-0.25, -0.2) is 9.50 Å². The van der Waals surface area contributed by atoms with E-state index in [1.54, 1.807) is 17.5 Å². The highest BCUT2D eigenvalue weighted by atomic mass is 32.1. The van der Waals surface area contributed by atoms with Crippen LogP contribution in [0.4, 0.5) is 5.13 Å². The molecule has 1 fully saturated rings. The monoisotopic (exact) mass is 300 g/mol. The molecule has 108 valence electrons. The van der Waals surface area contributed by atoms with Gasteiger partial charge in [0.05, 0.1) is 11.9 Å². The number of nitrogens with zero attached hydrogens (tertiary/aromatic N) is 6. The maximum Gasteiger partial charge on any atom is 0.214 e. The third-order valence-electron chi connectivity index (χ3n) is 3.76. The molecule has 0 saturated carbocycles. The number of pyridine rings is 1. The van der Waals surface area contributed by atoms with Crippen molar-refractivity contribution in [2.45, 2.75) is 0 Å². The van der Waals surface area contributed by atoms with E-state index in [2.05, 4.69) is 31.9 Å². The Morgan fingerprint density at radius 1 is 1.19 bits per heavy atom. The molecule has 3 aromatic rings. The number of anilines is 1. The van der Waals surface area contributed by atoms with Crippen LogP contribution in [0.3, 0.4) is 0 Å². The Bertz CT molecular complexity index is 710. The third-order valence-corrected chi connectivity index (χ3v) is 4.75. The predicted octanol–water partition coefficient (Wildman–Crippen LogP) is 1.60. The van der Waals surface area contributed by atoms with Gasteiger partial charge in [0.2, 0.25) is 10.1 Å². The van der Waals surface area contributed by atoms with Gasteiger partial charge in [0.15, 0.2) is 0 Å². The minimum Gasteiger partial charge on any atom is -0.344 e. The number of hydrogen-bond donors (Lipinski definition) is 0. The van der Waals surface area contributed by atoms with E-state index in [1.165, 1.54) is 0 Å². The number of piperazine rings is 1. The second-order valence-electron chi connectivity index (χ2n) is 5.27. The Labute approximate surface area is 126 Å². The summed E-state index contributed by atoms with van der Waals surface area (Å²) in [5, 5.41) is 5.73. The minimum absolute atomic E-state index is 0.923. The van der Waals surface area contributed by atoms with Gasteiger partial charge in [-0.2, -0.15) is 0 Å². The second-order valence-corrected chi connectivity index (χ2v) is 6.20. The fourth-order valence-corrected chi connectivity index (χ4v) is 3.40. The van der Waals surface area contributed by atoms with Crippen LogP contribution in [0.25, 0.3) is 16.2 Å². The lowest BCUT2D eigenvalue weighted by molar-refractivity contribution is 0.312. The molecule has 4 heterocycles. The van der Waals surface area contributed by atoms with Crippen molar-refractivity contribution >= 4 is 21.4 Å². The standard InChI is InChI=1S/C14H16N6S/c1-18-5-7-19(8-6-18)14-17-20-10-12(16-13(20)21-14)11-3-2-4-15-9-11/h2-4,9-10H,5-8H2,1H3. The van der Waals surface area contributed by atoms with Gasteiger partial charge in [-0.15, -0.1) is 5.10 Å². The van der Waals surface area contributed by atoms with Gasteiger partial charge in [0, 0.05) is 44.1 Å². The molecule has 0 spiro atoms. The lowest BCUT2D eigenvalue weighted by Gasteiger charge is -2.31. The molecule has 3 aromatic heterocycles. The van der Waals surface area contributed by atoms with Gasteiger partial charge in [-0.3, -0.25) is 4.98 Å². The number of fused-ring (bicyclic) bond motifs is 1. The molecule has 1 aliphatic rings. The summed E-state index contributed by atoms with van der Waals surface area (Å²) >= 11 is 1.65. The van der Waals surface area contributed by atoms with Crippen molar-refractivity contribution in [1.29, 1.82) is 0 Å². The van der Waals surface area contributed by atoms with Crippen LogP contribution in [0.2, 0.25) is 0 Å². The van der Waals surface area contributed by atoms with Gasteiger partial charge < -0.3 is 9.80 Å². The maximum absolute atomic E-state index is 4.67. The van der Waals surface area contributed by atoms with Crippen molar-refractivity contribution in [2.24, 2.45) is 0 Å². The lowest BCUT2D eigenvalue weighted by atomic mass is 10.2. The summed E-state index contributed by atoms with van der Waals surface area (Å²) in [4.78, 5) is 14.4. The molecular weight excluding hydrogens is 284 g/mol. The summed E-state index contributed by atoms with van der Waals surface area (Å²) in [6.45, 7) is 4.23. The van der Waals surface area contributed by atoms with Crippen LogP contribution < -0.4 is 4.90 Å². The van der Waals surface area contributed by atoms with E-state index in [9.17, 15) is 0 Å². The SMILES string of the molecule is CN1CCN(c2nn3cc(-c4cccnc4)nc3s2)CC1. The Morgan fingerprint density at radius 3 is 2.76 bits per heavy atom. The molecule has 1 saturated heterocycles. The zero-order chi connectivity index (χ0) is 14.2. The largest absolute Gasteiger partial charge is 0.344 e. The molecule has 21 heavy (non-hydrogen) atoms. The quantitative estimate of drug-likeness (QED) is 0.719. The first-order valence-corrected chi connectivity index (χ1v) is 7.81. The summed E-state index contributed by atoms with van der Waals surface area (Å²) < 4.78 is 1.88. The molecule has 7 heteroatoms. The topological polar surface area (TPSA) is 49.6 Å². The van der Waals surface area contributed by atoms with Crippen molar-refractivity contribution in [3.8, 4) is 11.3 Å². The van der Waals surface area contributed by atoms with Crippen molar-refractivity contribution in [1.82, 2.24) is 24.5 Å². The van der Waals surface area contributed by atoms with Crippen LogP contribution in [-0.4, -0.2) is 57.7 Å². The highest BCUT2D eigenvalue weighted by molar-refractivity contribution is 7.20. The van der Waals surface area contributed by atoms with Gasteiger partial charge in [0.1, 0.15) is 0 Å². The van der Waals surface area contributed by atoms with Crippen LogP contribution in [0.1, 0.15) is 0 Å². The first-order chi connectivity index (χ1) is 10.3. The molecule has 0 radical (unpaired) electrons. The number of imidazole rings is 1. The normalized spacial score (nSPS) is 16.7. The zero-order valence-electron chi connectivity index (χ0n) is 11.8. The van der Waals surface area contributed by atoms with E-state index >= 15 is 0 Å². The fraction of sp³-hybridized carbons (Fsp3) is 0.357. The van der Waals surface area contributed by atoms with E-state index in [4.69, 9.17) is 0 Å². The van der Waals surface area contributed by atoms with Crippen LogP contribution >= 0.6 is 11.3 Å². The Kier molecular flexibility index (Phi) is 3.08. The summed E-state index contributed by atoms with van der Waals surface area (Å²) in [6, 6.07) is 3.94. The summed E-state index contributed by atoms with van der Waals surface area (Å²) in [5.74, 6) is 0. The first kappa shape index (κ1) is 12.7. The molecule has 4 rings (SSSR count). The van der Waals surface area contributed by atoms with Crippen LogP contribution in [0, 0.1) is 0 Å². The van der Waals surface area contributed by atoms with E-state index in [-0.39, 0.29) is 0 Å². The minimum atomic E-state index is 0.923. The van der Waals surface area contributed by atoms with Gasteiger partial charge in [-0.05, 0) is 19.2 Å². The molecule has 0 aromatic carbocycles. The average Bonchev–Trinajstić information content (AvgIpc) is 3.07. The molecule has 1 aliphatic heterocycles. The molecule has 0 aliphatic carbocycles. The van der Waals surface area contributed by atoms with Crippen molar-refractivity contribution in [3.05, 3.63) is 30.7 Å². The molecular formula is C14H16N6S.